The van der Waals surface area contributed by atoms with Crippen molar-refractivity contribution in [2.45, 2.75) is 19.4 Å². The van der Waals surface area contributed by atoms with Crippen molar-refractivity contribution in [3.05, 3.63) is 106 Å². The van der Waals surface area contributed by atoms with Crippen LogP contribution in [-0.2, 0) is 20.9 Å². The van der Waals surface area contributed by atoms with E-state index in [2.05, 4.69) is 16.7 Å². The molecule has 0 radical (unpaired) electrons. The summed E-state index contributed by atoms with van der Waals surface area (Å²) in [6.07, 6.45) is 1.49. The Hall–Kier alpha value is -4.42. The molecule has 9 heteroatoms. The zero-order valence-electron chi connectivity index (χ0n) is 20.3. The molecule has 1 atom stereocenters. The SMILES string of the molecule is COc1ccc(NC(=O)CSC2=C(C#N)[C@@H](c3ccco3)C(C(=O)OCc3ccccc3)=C(C)N2)cc1. The number of hydrogen-bond donors (Lipinski definition) is 2. The highest BCUT2D eigenvalue weighted by molar-refractivity contribution is 8.03. The summed E-state index contributed by atoms with van der Waals surface area (Å²) in [5.41, 5.74) is 2.56. The van der Waals surface area contributed by atoms with E-state index in [1.54, 1.807) is 50.4 Å². The summed E-state index contributed by atoms with van der Waals surface area (Å²) in [6.45, 7) is 1.83. The highest BCUT2D eigenvalue weighted by Gasteiger charge is 2.37. The molecule has 2 heterocycles. The molecule has 2 aromatic carbocycles. The number of hydrogen-bond acceptors (Lipinski definition) is 8. The molecule has 0 unspecified atom stereocenters. The van der Waals surface area contributed by atoms with Crippen LogP contribution in [0, 0.1) is 11.3 Å². The van der Waals surface area contributed by atoms with Gasteiger partial charge in [-0.2, -0.15) is 5.26 Å². The number of esters is 1. The first-order valence-corrected chi connectivity index (χ1v) is 12.4. The van der Waals surface area contributed by atoms with Crippen molar-refractivity contribution < 1.29 is 23.5 Å². The number of rotatable bonds is 9. The lowest BCUT2D eigenvalue weighted by Gasteiger charge is -2.28. The molecule has 8 nitrogen and oxygen atoms in total. The minimum atomic E-state index is -0.767. The number of nitrogens with one attached hydrogen (secondary N) is 2. The third-order valence-corrected chi connectivity index (χ3v) is 6.65. The molecule has 37 heavy (non-hydrogen) atoms. The number of allylic oxidation sites excluding steroid dienone is 2. The Balaban J connectivity index is 1.51. The van der Waals surface area contributed by atoms with E-state index in [1.807, 2.05) is 30.3 Å². The lowest BCUT2D eigenvalue weighted by molar-refractivity contribution is -0.140. The van der Waals surface area contributed by atoms with Crippen molar-refractivity contribution in [2.75, 3.05) is 18.2 Å². The van der Waals surface area contributed by atoms with Gasteiger partial charge in [0.15, 0.2) is 0 Å². The number of anilines is 1. The molecule has 1 aliphatic heterocycles. The van der Waals surface area contributed by atoms with Gasteiger partial charge in [-0.1, -0.05) is 42.1 Å². The molecule has 0 saturated heterocycles. The lowest BCUT2D eigenvalue weighted by Crippen LogP contribution is -2.29. The predicted molar refractivity (Wildman–Crippen MR) is 140 cm³/mol. The number of nitrogens with zero attached hydrogens (tertiary/aromatic N) is 1. The van der Waals surface area contributed by atoms with Gasteiger partial charge >= 0.3 is 5.97 Å². The molecular weight excluding hydrogens is 490 g/mol. The molecule has 1 amide bonds. The van der Waals surface area contributed by atoms with Crippen molar-refractivity contribution in [2.24, 2.45) is 0 Å². The Morgan fingerprint density at radius 3 is 2.51 bits per heavy atom. The second-order valence-electron chi connectivity index (χ2n) is 8.09. The topological polar surface area (TPSA) is 114 Å². The zero-order valence-corrected chi connectivity index (χ0v) is 21.1. The number of dihydropyridines is 1. The molecule has 2 N–H and O–H groups in total. The maximum Gasteiger partial charge on any atom is 0.337 e. The normalized spacial score (nSPS) is 15.0. The highest BCUT2D eigenvalue weighted by Crippen LogP contribution is 2.41. The second-order valence-corrected chi connectivity index (χ2v) is 9.08. The Bertz CT molecular complexity index is 1360. The molecule has 1 aliphatic rings. The quantitative estimate of drug-likeness (QED) is 0.379. The number of carbonyl (C=O) groups excluding carboxylic acids is 2. The number of furan rings is 1. The molecule has 3 aromatic rings. The van der Waals surface area contributed by atoms with Gasteiger partial charge in [-0.3, -0.25) is 4.79 Å². The third kappa shape index (κ3) is 6.23. The van der Waals surface area contributed by atoms with Crippen molar-refractivity contribution in [3.63, 3.8) is 0 Å². The summed E-state index contributed by atoms with van der Waals surface area (Å²) >= 11 is 1.18. The standard InChI is InChI=1S/C28H25N3O5S/c1-18-25(28(33)36-16-19-7-4-3-5-8-19)26(23-9-6-14-35-23)22(15-29)27(30-18)37-17-24(32)31-20-10-12-21(34-2)13-11-20/h3-14,26,30H,16-17H2,1-2H3,(H,31,32)/t26-/m0/s1. The predicted octanol–water partition coefficient (Wildman–Crippen LogP) is 5.10. The smallest absolute Gasteiger partial charge is 0.337 e. The first-order chi connectivity index (χ1) is 18.0. The Morgan fingerprint density at radius 2 is 1.86 bits per heavy atom. The minimum Gasteiger partial charge on any atom is -0.497 e. The van der Waals surface area contributed by atoms with E-state index < -0.39 is 11.9 Å². The number of carbonyl (C=O) groups is 2. The number of benzene rings is 2. The molecule has 4 rings (SSSR count). The summed E-state index contributed by atoms with van der Waals surface area (Å²) in [7, 11) is 1.57. The van der Waals surface area contributed by atoms with Gasteiger partial charge in [0.2, 0.25) is 5.91 Å². The van der Waals surface area contributed by atoms with Gasteiger partial charge in [-0.15, -0.1) is 0 Å². The molecule has 0 spiro atoms. The average Bonchev–Trinajstić information content (AvgIpc) is 3.46. The van der Waals surface area contributed by atoms with Crippen molar-refractivity contribution in [1.29, 1.82) is 5.26 Å². The first-order valence-electron chi connectivity index (χ1n) is 11.4. The van der Waals surface area contributed by atoms with Crippen LogP contribution in [0.4, 0.5) is 5.69 Å². The van der Waals surface area contributed by atoms with E-state index in [1.165, 1.54) is 18.0 Å². The largest absolute Gasteiger partial charge is 0.497 e. The van der Waals surface area contributed by atoms with Gasteiger partial charge in [0.25, 0.3) is 0 Å². The maximum atomic E-state index is 13.2. The summed E-state index contributed by atoms with van der Waals surface area (Å²) < 4.78 is 16.3. The summed E-state index contributed by atoms with van der Waals surface area (Å²) in [4.78, 5) is 25.8. The van der Waals surface area contributed by atoms with Crippen LogP contribution in [0.3, 0.4) is 0 Å². The second kappa shape index (κ2) is 12.0. The first kappa shape index (κ1) is 25.7. The van der Waals surface area contributed by atoms with Crippen LogP contribution in [0.25, 0.3) is 0 Å². The molecular formula is C28H25N3O5S. The maximum absolute atomic E-state index is 13.2. The van der Waals surface area contributed by atoms with Gasteiger partial charge in [-0.05, 0) is 48.9 Å². The Morgan fingerprint density at radius 1 is 1.11 bits per heavy atom. The van der Waals surface area contributed by atoms with E-state index in [4.69, 9.17) is 13.9 Å². The zero-order chi connectivity index (χ0) is 26.2. The van der Waals surface area contributed by atoms with E-state index in [0.717, 1.165) is 5.56 Å². The number of amides is 1. The number of nitriles is 1. The Labute approximate surface area is 218 Å². The summed E-state index contributed by atoms with van der Waals surface area (Å²) in [5, 5.41) is 16.5. The van der Waals surface area contributed by atoms with Crippen molar-refractivity contribution in [3.8, 4) is 11.8 Å². The van der Waals surface area contributed by atoms with Crippen molar-refractivity contribution in [1.82, 2.24) is 5.32 Å². The average molecular weight is 516 g/mol. The van der Waals surface area contributed by atoms with Gasteiger partial charge in [0, 0.05) is 11.4 Å². The molecule has 0 fully saturated rings. The fourth-order valence-corrected chi connectivity index (χ4v) is 4.74. The summed E-state index contributed by atoms with van der Waals surface area (Å²) in [6, 6.07) is 22.0. The van der Waals surface area contributed by atoms with Crippen molar-refractivity contribution >= 4 is 29.3 Å². The van der Waals surface area contributed by atoms with Crippen LogP contribution in [0.15, 0.2) is 99.3 Å². The molecule has 1 aromatic heterocycles. The van der Waals surface area contributed by atoms with Gasteiger partial charge in [0.05, 0.1) is 47.3 Å². The fraction of sp³-hybridized carbons (Fsp3) is 0.179. The lowest BCUT2D eigenvalue weighted by atomic mass is 9.86. The minimum absolute atomic E-state index is 0.0471. The number of ether oxygens (including phenoxy) is 2. The molecule has 188 valence electrons. The van der Waals surface area contributed by atoms with Crippen LogP contribution in [-0.4, -0.2) is 24.7 Å². The van der Waals surface area contributed by atoms with Crippen LogP contribution in [0.5, 0.6) is 5.75 Å². The molecule has 0 saturated carbocycles. The van der Waals surface area contributed by atoms with Crippen LogP contribution >= 0.6 is 11.8 Å². The van der Waals surface area contributed by atoms with Gasteiger partial charge in [-0.25, -0.2) is 4.79 Å². The summed E-state index contributed by atoms with van der Waals surface area (Å²) in [5.74, 6) is -0.394. The Kier molecular flexibility index (Phi) is 8.33. The molecule has 0 aliphatic carbocycles. The van der Waals surface area contributed by atoms with E-state index in [0.29, 0.717) is 27.9 Å². The third-order valence-electron chi connectivity index (χ3n) is 5.63. The fourth-order valence-electron chi connectivity index (χ4n) is 3.85. The van der Waals surface area contributed by atoms with E-state index >= 15 is 0 Å². The van der Waals surface area contributed by atoms with E-state index in [9.17, 15) is 14.9 Å². The number of thioether (sulfide) groups is 1. The van der Waals surface area contributed by atoms with Gasteiger partial charge in [0.1, 0.15) is 18.1 Å². The van der Waals surface area contributed by atoms with Crippen LogP contribution < -0.4 is 15.4 Å². The van der Waals surface area contributed by atoms with Gasteiger partial charge < -0.3 is 24.5 Å². The van der Waals surface area contributed by atoms with Crippen LogP contribution in [0.2, 0.25) is 0 Å². The monoisotopic (exact) mass is 515 g/mol. The van der Waals surface area contributed by atoms with Crippen LogP contribution in [0.1, 0.15) is 24.2 Å². The number of methoxy groups -OCH3 is 1. The highest BCUT2D eigenvalue weighted by atomic mass is 32.2. The molecule has 0 bridgehead atoms. The van der Waals surface area contributed by atoms with E-state index in [-0.39, 0.29) is 29.4 Å².